The SMILES string of the molecule is CCC1=C(CC)C2N=C1/C=c1\[nH]c(c(CC)c1CC)=Nc1[nH]c(c(CC)c1CC)C=c1[nH]c(c(CC)c1CC)=N2. The zero-order valence-corrected chi connectivity index (χ0v) is 25.7. The van der Waals surface area contributed by atoms with Gasteiger partial charge in [0.15, 0.2) is 6.17 Å². The Morgan fingerprint density at radius 3 is 1.70 bits per heavy atom. The molecule has 3 aromatic heterocycles. The number of aromatic nitrogens is 3. The lowest BCUT2D eigenvalue weighted by Crippen LogP contribution is -2.17. The van der Waals surface area contributed by atoms with E-state index in [9.17, 15) is 0 Å². The highest BCUT2D eigenvalue weighted by Gasteiger charge is 2.25. The number of hydrogen-bond acceptors (Lipinski definition) is 3. The van der Waals surface area contributed by atoms with Crippen LogP contribution < -0.4 is 21.7 Å². The van der Waals surface area contributed by atoms with Crippen molar-refractivity contribution in [2.24, 2.45) is 15.0 Å². The van der Waals surface area contributed by atoms with E-state index in [2.05, 4.69) is 82.5 Å². The van der Waals surface area contributed by atoms with Crippen molar-refractivity contribution in [1.82, 2.24) is 15.0 Å². The molecule has 40 heavy (non-hydrogen) atoms. The first-order valence-electron chi connectivity index (χ1n) is 15.6. The highest BCUT2D eigenvalue weighted by molar-refractivity contribution is 6.22. The van der Waals surface area contributed by atoms with Crippen LogP contribution in [0.3, 0.4) is 0 Å². The van der Waals surface area contributed by atoms with Gasteiger partial charge in [-0.1, -0.05) is 55.4 Å². The molecule has 8 bridgehead atoms. The van der Waals surface area contributed by atoms with Crippen LogP contribution in [0.5, 0.6) is 0 Å². The standard InChI is InChI=1S/C34H46N6/c1-9-19-23(13-5)31-35-27(19)17-28-20(10-2)24(14-6)33(36-28)40-34-26(16-8)22(12-4)30(38-34)18-29-21(11-3)25(15-7)32(37-29)39-31/h17-18,31,38H,9-16H2,1-8H3,(H,37,39)(H,36,40)/b28-17-,29-18?. The van der Waals surface area contributed by atoms with Crippen LogP contribution in [0.25, 0.3) is 12.2 Å². The average Bonchev–Trinajstić information content (AvgIpc) is 3.67. The fraction of sp³-hybridized carbons (Fsp3) is 0.500. The maximum atomic E-state index is 5.32. The molecule has 2 aliphatic heterocycles. The van der Waals surface area contributed by atoms with Gasteiger partial charge < -0.3 is 15.0 Å². The Labute approximate surface area is 238 Å². The van der Waals surface area contributed by atoms with Gasteiger partial charge in [0.2, 0.25) is 0 Å². The topological polar surface area (TPSA) is 84.5 Å². The van der Waals surface area contributed by atoms with Gasteiger partial charge in [0.05, 0.1) is 5.71 Å². The fourth-order valence-corrected chi connectivity index (χ4v) is 6.93. The van der Waals surface area contributed by atoms with E-state index >= 15 is 0 Å². The van der Waals surface area contributed by atoms with Gasteiger partial charge in [0.25, 0.3) is 0 Å². The third-order valence-electron chi connectivity index (χ3n) is 8.86. The van der Waals surface area contributed by atoms with Crippen molar-refractivity contribution in [3.8, 4) is 0 Å². The van der Waals surface area contributed by atoms with Crippen LogP contribution in [0, 0.1) is 0 Å². The van der Waals surface area contributed by atoms with E-state index in [1.807, 2.05) is 0 Å². The molecular formula is C34H46N6. The summed E-state index contributed by atoms with van der Waals surface area (Å²) in [5.74, 6) is 0.966. The first kappa shape index (κ1) is 28.1. The van der Waals surface area contributed by atoms with Gasteiger partial charge in [0, 0.05) is 16.4 Å². The van der Waals surface area contributed by atoms with E-state index in [1.54, 1.807) is 0 Å². The third kappa shape index (κ3) is 4.55. The molecule has 212 valence electrons. The van der Waals surface area contributed by atoms with E-state index < -0.39 is 0 Å². The molecule has 2 aliphatic rings. The van der Waals surface area contributed by atoms with E-state index in [1.165, 1.54) is 44.5 Å². The van der Waals surface area contributed by atoms with Crippen molar-refractivity contribution in [3.05, 3.63) is 71.9 Å². The molecule has 5 rings (SSSR count). The first-order chi connectivity index (χ1) is 19.5. The van der Waals surface area contributed by atoms with E-state index in [4.69, 9.17) is 15.0 Å². The summed E-state index contributed by atoms with van der Waals surface area (Å²) in [6.07, 6.45) is 11.9. The van der Waals surface area contributed by atoms with Crippen LogP contribution in [0.1, 0.15) is 107 Å². The Kier molecular flexibility index (Phi) is 8.16. The Balaban J connectivity index is 1.96. The Morgan fingerprint density at radius 2 is 1.12 bits per heavy atom. The molecule has 0 amide bonds. The lowest BCUT2D eigenvalue weighted by atomic mass is 9.99. The summed E-state index contributed by atoms with van der Waals surface area (Å²) in [6, 6.07) is 0. The summed E-state index contributed by atoms with van der Waals surface area (Å²) in [4.78, 5) is 27.1. The Hall–Kier alpha value is -3.41. The Bertz CT molecular complexity index is 1730. The molecule has 1 atom stereocenters. The van der Waals surface area contributed by atoms with Crippen molar-refractivity contribution < 1.29 is 0 Å². The average molecular weight is 539 g/mol. The minimum Gasteiger partial charge on any atom is -0.340 e. The lowest BCUT2D eigenvalue weighted by molar-refractivity contribution is 0.757. The number of allylic oxidation sites excluding steroid dienone is 1. The van der Waals surface area contributed by atoms with Crippen LogP contribution in [-0.4, -0.2) is 26.8 Å². The van der Waals surface area contributed by atoms with Crippen molar-refractivity contribution in [3.63, 3.8) is 0 Å². The van der Waals surface area contributed by atoms with E-state index in [-0.39, 0.29) is 6.17 Å². The molecule has 0 spiro atoms. The highest BCUT2D eigenvalue weighted by atomic mass is 15.1. The molecule has 0 aromatic carbocycles. The molecule has 0 saturated heterocycles. The third-order valence-corrected chi connectivity index (χ3v) is 8.86. The number of aliphatic imine (C=N–C) groups is 1. The summed E-state index contributed by atoms with van der Waals surface area (Å²) < 4.78 is 0. The molecule has 6 nitrogen and oxygen atoms in total. The number of nitrogens with zero attached hydrogens (tertiary/aromatic N) is 3. The molecule has 0 fully saturated rings. The second kappa shape index (κ2) is 11.6. The number of fused-ring (bicyclic) bond motifs is 7. The Morgan fingerprint density at radius 1 is 0.550 bits per heavy atom. The molecule has 3 aromatic rings. The van der Waals surface area contributed by atoms with Gasteiger partial charge in [-0.3, -0.25) is 4.99 Å². The highest BCUT2D eigenvalue weighted by Crippen LogP contribution is 2.29. The number of H-pyrrole nitrogens is 3. The summed E-state index contributed by atoms with van der Waals surface area (Å²) in [6.45, 7) is 17.9. The van der Waals surface area contributed by atoms with Crippen LogP contribution in [0.2, 0.25) is 0 Å². The summed E-state index contributed by atoms with van der Waals surface area (Å²) in [5, 5.41) is 2.27. The quantitative estimate of drug-likeness (QED) is 0.355. The maximum Gasteiger partial charge on any atom is 0.164 e. The van der Waals surface area contributed by atoms with Gasteiger partial charge in [0.1, 0.15) is 16.8 Å². The molecule has 0 radical (unpaired) electrons. The predicted molar refractivity (Wildman–Crippen MR) is 167 cm³/mol. The largest absolute Gasteiger partial charge is 0.340 e. The second-order valence-corrected chi connectivity index (χ2v) is 10.8. The predicted octanol–water partition coefficient (Wildman–Crippen LogP) is 5.14. The van der Waals surface area contributed by atoms with Gasteiger partial charge in [-0.05, 0) is 108 Å². The van der Waals surface area contributed by atoms with Gasteiger partial charge in [-0.2, -0.15) is 0 Å². The second-order valence-electron chi connectivity index (χ2n) is 10.8. The fourth-order valence-electron chi connectivity index (χ4n) is 6.93. The smallest absolute Gasteiger partial charge is 0.164 e. The monoisotopic (exact) mass is 538 g/mol. The minimum atomic E-state index is -0.189. The summed E-state index contributed by atoms with van der Waals surface area (Å²) in [7, 11) is 0. The van der Waals surface area contributed by atoms with Gasteiger partial charge in [-0.15, -0.1) is 0 Å². The molecule has 0 aliphatic carbocycles. The van der Waals surface area contributed by atoms with Crippen LogP contribution in [-0.2, 0) is 38.5 Å². The number of aromatic amines is 3. The maximum absolute atomic E-state index is 5.32. The van der Waals surface area contributed by atoms with Crippen molar-refractivity contribution in [2.45, 2.75) is 113 Å². The lowest BCUT2D eigenvalue weighted by Gasteiger charge is -2.07. The molecule has 6 heteroatoms. The minimum absolute atomic E-state index is 0.189. The van der Waals surface area contributed by atoms with Crippen molar-refractivity contribution >= 4 is 23.7 Å². The molecular weight excluding hydrogens is 492 g/mol. The van der Waals surface area contributed by atoms with Gasteiger partial charge >= 0.3 is 0 Å². The summed E-state index contributed by atoms with van der Waals surface area (Å²) >= 11 is 0. The van der Waals surface area contributed by atoms with E-state index in [0.29, 0.717) is 0 Å². The van der Waals surface area contributed by atoms with Crippen LogP contribution in [0.4, 0.5) is 5.82 Å². The first-order valence-corrected chi connectivity index (χ1v) is 15.6. The zero-order valence-electron chi connectivity index (χ0n) is 25.7. The molecule has 3 N–H and O–H groups in total. The normalized spacial score (nSPS) is 17.2. The molecule has 5 heterocycles. The number of nitrogens with one attached hydrogen (secondary N) is 3. The van der Waals surface area contributed by atoms with Crippen molar-refractivity contribution in [2.75, 3.05) is 0 Å². The van der Waals surface area contributed by atoms with E-state index in [0.717, 1.165) is 90.3 Å². The number of rotatable bonds is 8. The van der Waals surface area contributed by atoms with Crippen LogP contribution >= 0.6 is 0 Å². The molecule has 1 unspecified atom stereocenters. The van der Waals surface area contributed by atoms with Crippen LogP contribution in [0.15, 0.2) is 26.1 Å². The summed E-state index contributed by atoms with van der Waals surface area (Å²) in [5.41, 5.74) is 14.7. The van der Waals surface area contributed by atoms with Crippen molar-refractivity contribution in [1.29, 1.82) is 0 Å². The number of hydrogen-bond donors (Lipinski definition) is 3. The molecule has 0 saturated carbocycles. The zero-order chi connectivity index (χ0) is 28.6. The van der Waals surface area contributed by atoms with Gasteiger partial charge in [-0.25, -0.2) is 9.98 Å².